The summed E-state index contributed by atoms with van der Waals surface area (Å²) in [6.45, 7) is 8.37. The van der Waals surface area contributed by atoms with E-state index in [0.29, 0.717) is 26.1 Å². The molecule has 2 atom stereocenters. The Kier molecular flexibility index (Phi) is 4.92. The van der Waals surface area contributed by atoms with Crippen LogP contribution in [-0.4, -0.2) is 54.1 Å². The number of amides is 1. The average Bonchev–Trinajstić information content (AvgIpc) is 2.51. The van der Waals surface area contributed by atoms with Gasteiger partial charge in [-0.25, -0.2) is 4.79 Å². The molecule has 2 unspecified atom stereocenters. The van der Waals surface area contributed by atoms with Crippen LogP contribution in [-0.2, 0) is 15.1 Å². The van der Waals surface area contributed by atoms with Gasteiger partial charge in [-0.3, -0.25) is 4.90 Å². The van der Waals surface area contributed by atoms with Gasteiger partial charge in [0.15, 0.2) is 0 Å². The number of benzene rings is 1. The minimum atomic E-state index is -0.992. The third kappa shape index (κ3) is 3.67. The summed E-state index contributed by atoms with van der Waals surface area (Å²) in [6, 6.07) is 5.31. The van der Waals surface area contributed by atoms with E-state index in [2.05, 4.69) is 0 Å². The second-order valence-electron chi connectivity index (χ2n) is 8.35. The van der Waals surface area contributed by atoms with Crippen molar-refractivity contribution in [3.63, 3.8) is 0 Å². The van der Waals surface area contributed by atoms with Crippen LogP contribution in [0.15, 0.2) is 18.2 Å². The lowest BCUT2D eigenvalue weighted by Crippen LogP contribution is -2.63. The number of rotatable bonds is 2. The Morgan fingerprint density at radius 1 is 1.27 bits per heavy atom. The van der Waals surface area contributed by atoms with Crippen molar-refractivity contribution in [3.8, 4) is 5.75 Å². The number of hydrogen-bond donors (Lipinski definition) is 1. The largest absolute Gasteiger partial charge is 0.497 e. The number of aliphatic hydroxyl groups is 1. The number of morpholine rings is 1. The number of piperidine rings is 1. The molecule has 144 valence electrons. The van der Waals surface area contributed by atoms with E-state index in [1.807, 2.05) is 45.9 Å². The van der Waals surface area contributed by atoms with Gasteiger partial charge in [-0.05, 0) is 51.0 Å². The summed E-state index contributed by atoms with van der Waals surface area (Å²) in [4.78, 5) is 14.4. The first-order valence-electron chi connectivity index (χ1n) is 9.09. The Morgan fingerprint density at radius 3 is 2.38 bits per heavy atom. The van der Waals surface area contributed by atoms with Crippen LogP contribution in [0.3, 0.4) is 0 Å². The standard InChI is InChI=1S/C20H29NO5/c1-13-8-16(24-5)6-7-17(13)20(23)9-14-11-25-12-15(10-20)21(14)18(22)26-19(2,3)4/h6-8,14-15,23H,9-12H2,1-5H3. The molecule has 0 radical (unpaired) electrons. The first kappa shape index (κ1) is 19.0. The van der Waals surface area contributed by atoms with Crippen LogP contribution in [0, 0.1) is 6.92 Å². The van der Waals surface area contributed by atoms with E-state index < -0.39 is 11.2 Å². The minimum Gasteiger partial charge on any atom is -0.497 e. The number of hydrogen-bond acceptors (Lipinski definition) is 5. The molecule has 2 aliphatic rings. The number of methoxy groups -OCH3 is 1. The highest BCUT2D eigenvalue weighted by molar-refractivity contribution is 5.69. The van der Waals surface area contributed by atoms with Crippen LogP contribution in [0.5, 0.6) is 5.75 Å². The molecule has 6 nitrogen and oxygen atoms in total. The quantitative estimate of drug-likeness (QED) is 0.875. The molecule has 1 aromatic rings. The Morgan fingerprint density at radius 2 is 1.88 bits per heavy atom. The van der Waals surface area contributed by atoms with Crippen LogP contribution < -0.4 is 4.74 Å². The highest BCUT2D eigenvalue weighted by atomic mass is 16.6. The van der Waals surface area contributed by atoms with Crippen LogP contribution >= 0.6 is 0 Å². The van der Waals surface area contributed by atoms with Gasteiger partial charge in [0, 0.05) is 12.8 Å². The molecule has 0 aliphatic carbocycles. The number of carbonyl (C=O) groups is 1. The molecule has 3 rings (SSSR count). The molecule has 1 amide bonds. The Hall–Kier alpha value is -1.79. The predicted molar refractivity (Wildman–Crippen MR) is 97.3 cm³/mol. The van der Waals surface area contributed by atoms with Gasteiger partial charge < -0.3 is 19.3 Å². The molecule has 26 heavy (non-hydrogen) atoms. The van der Waals surface area contributed by atoms with E-state index in [9.17, 15) is 9.90 Å². The van der Waals surface area contributed by atoms with E-state index >= 15 is 0 Å². The van der Waals surface area contributed by atoms with Crippen LogP contribution in [0.25, 0.3) is 0 Å². The van der Waals surface area contributed by atoms with Gasteiger partial charge in [-0.2, -0.15) is 0 Å². The van der Waals surface area contributed by atoms with Crippen molar-refractivity contribution in [2.75, 3.05) is 20.3 Å². The maximum Gasteiger partial charge on any atom is 0.410 e. The summed E-state index contributed by atoms with van der Waals surface area (Å²) in [5.74, 6) is 0.768. The normalized spacial score (nSPS) is 28.6. The van der Waals surface area contributed by atoms with Gasteiger partial charge in [0.1, 0.15) is 11.4 Å². The third-order valence-electron chi connectivity index (χ3n) is 5.09. The smallest absolute Gasteiger partial charge is 0.410 e. The lowest BCUT2D eigenvalue weighted by Gasteiger charge is -2.51. The monoisotopic (exact) mass is 363 g/mol. The van der Waals surface area contributed by atoms with Crippen molar-refractivity contribution in [2.24, 2.45) is 0 Å². The Bertz CT molecular complexity index is 667. The van der Waals surface area contributed by atoms with Crippen molar-refractivity contribution in [1.82, 2.24) is 4.90 Å². The lowest BCUT2D eigenvalue weighted by molar-refractivity contribution is -0.141. The van der Waals surface area contributed by atoms with Gasteiger partial charge in [-0.1, -0.05) is 6.07 Å². The molecule has 2 bridgehead atoms. The average molecular weight is 363 g/mol. The van der Waals surface area contributed by atoms with Gasteiger partial charge in [0.2, 0.25) is 0 Å². The third-order valence-corrected chi connectivity index (χ3v) is 5.09. The van der Waals surface area contributed by atoms with E-state index in [1.165, 1.54) is 0 Å². The molecule has 2 aliphatic heterocycles. The predicted octanol–water partition coefficient (Wildman–Crippen LogP) is 2.99. The molecule has 6 heteroatoms. The number of fused-ring (bicyclic) bond motifs is 2. The molecule has 1 N–H and O–H groups in total. The lowest BCUT2D eigenvalue weighted by atomic mass is 9.75. The van der Waals surface area contributed by atoms with Crippen molar-refractivity contribution in [1.29, 1.82) is 0 Å². The number of ether oxygens (including phenoxy) is 3. The SMILES string of the molecule is COc1ccc(C2(O)CC3COCC(C2)N3C(=O)OC(C)(C)C)c(C)c1. The first-order chi connectivity index (χ1) is 12.1. The molecule has 2 fully saturated rings. The van der Waals surface area contributed by atoms with Gasteiger partial charge in [0.25, 0.3) is 0 Å². The van der Waals surface area contributed by atoms with Crippen LogP contribution in [0.1, 0.15) is 44.7 Å². The molecule has 0 spiro atoms. The zero-order valence-corrected chi connectivity index (χ0v) is 16.2. The fraction of sp³-hybridized carbons (Fsp3) is 0.650. The highest BCUT2D eigenvalue weighted by Gasteiger charge is 2.50. The fourth-order valence-corrected chi connectivity index (χ4v) is 4.09. The second-order valence-corrected chi connectivity index (χ2v) is 8.35. The summed E-state index contributed by atoms with van der Waals surface area (Å²) >= 11 is 0. The van der Waals surface area contributed by atoms with Crippen molar-refractivity contribution >= 4 is 6.09 Å². The number of aryl methyl sites for hydroxylation is 1. The van der Waals surface area contributed by atoms with Crippen LogP contribution in [0.2, 0.25) is 0 Å². The summed E-state index contributed by atoms with van der Waals surface area (Å²) in [7, 11) is 1.63. The Balaban J connectivity index is 1.86. The fourth-order valence-electron chi connectivity index (χ4n) is 4.09. The van der Waals surface area contributed by atoms with Crippen molar-refractivity contribution in [3.05, 3.63) is 29.3 Å². The Labute approximate surface area is 155 Å². The molecular formula is C20H29NO5. The molecular weight excluding hydrogens is 334 g/mol. The van der Waals surface area contributed by atoms with Gasteiger partial charge in [0.05, 0.1) is 38.0 Å². The first-order valence-corrected chi connectivity index (χ1v) is 9.09. The highest BCUT2D eigenvalue weighted by Crippen LogP contribution is 2.43. The van der Waals surface area contributed by atoms with E-state index in [0.717, 1.165) is 16.9 Å². The summed E-state index contributed by atoms with van der Waals surface area (Å²) in [5, 5.41) is 11.4. The zero-order valence-electron chi connectivity index (χ0n) is 16.2. The van der Waals surface area contributed by atoms with Gasteiger partial charge >= 0.3 is 6.09 Å². The summed E-state index contributed by atoms with van der Waals surface area (Å²) < 4.78 is 16.5. The number of nitrogens with zero attached hydrogens (tertiary/aromatic N) is 1. The summed E-state index contributed by atoms with van der Waals surface area (Å²) in [6.07, 6.45) is 0.524. The van der Waals surface area contributed by atoms with E-state index in [4.69, 9.17) is 14.2 Å². The molecule has 0 saturated carbocycles. The number of carbonyl (C=O) groups excluding carboxylic acids is 1. The van der Waals surface area contributed by atoms with E-state index in [1.54, 1.807) is 12.0 Å². The van der Waals surface area contributed by atoms with E-state index in [-0.39, 0.29) is 18.2 Å². The second kappa shape index (κ2) is 6.74. The molecule has 0 aromatic heterocycles. The molecule has 2 heterocycles. The maximum atomic E-state index is 12.7. The summed E-state index contributed by atoms with van der Waals surface area (Å²) in [5.41, 5.74) is 0.330. The topological polar surface area (TPSA) is 68.2 Å². The van der Waals surface area contributed by atoms with Gasteiger partial charge in [-0.15, -0.1) is 0 Å². The van der Waals surface area contributed by atoms with Crippen LogP contribution in [0.4, 0.5) is 4.79 Å². The maximum absolute atomic E-state index is 12.7. The molecule has 1 aromatic carbocycles. The van der Waals surface area contributed by atoms with Crippen molar-refractivity contribution in [2.45, 2.75) is 63.8 Å². The molecule has 2 saturated heterocycles. The van der Waals surface area contributed by atoms with Crippen molar-refractivity contribution < 1.29 is 24.1 Å². The minimum absolute atomic E-state index is 0.205. The zero-order chi connectivity index (χ0) is 19.1.